The van der Waals surface area contributed by atoms with Crippen molar-refractivity contribution in [3.05, 3.63) is 40.7 Å². The molecule has 0 aromatic carbocycles. The molecule has 0 spiro atoms. The smallest absolute Gasteiger partial charge is 0.252 e. The summed E-state index contributed by atoms with van der Waals surface area (Å²) < 4.78 is 33.4. The maximum atomic E-state index is 13.2. The van der Waals surface area contributed by atoms with E-state index in [1.165, 1.54) is 15.6 Å². The Kier molecular flexibility index (Phi) is 6.31. The Morgan fingerprint density at radius 2 is 2.04 bits per heavy atom. The van der Waals surface area contributed by atoms with Gasteiger partial charge in [-0.05, 0) is 64.8 Å². The molecule has 1 amide bonds. The quantitative estimate of drug-likeness (QED) is 0.707. The number of carbonyl (C=O) groups is 1. The van der Waals surface area contributed by atoms with Gasteiger partial charge in [-0.3, -0.25) is 4.79 Å². The van der Waals surface area contributed by atoms with Crippen LogP contribution in [-0.4, -0.2) is 42.7 Å². The maximum Gasteiger partial charge on any atom is 0.252 e. The Labute approximate surface area is 171 Å². The lowest BCUT2D eigenvalue weighted by atomic mass is 9.97. The van der Waals surface area contributed by atoms with Gasteiger partial charge >= 0.3 is 0 Å². The largest absolute Gasteiger partial charge is 0.464 e. The number of sulfonamides is 1. The number of nitrogens with zero attached hydrogens (tertiary/aromatic N) is 2. The van der Waals surface area contributed by atoms with E-state index in [1.807, 2.05) is 45.9 Å². The zero-order valence-corrected chi connectivity index (χ0v) is 18.5. The minimum atomic E-state index is -3.55. The monoisotopic (exact) mass is 424 g/mol. The minimum Gasteiger partial charge on any atom is -0.464 e. The number of carbonyl (C=O) groups excluding carboxylic acids is 1. The summed E-state index contributed by atoms with van der Waals surface area (Å²) in [5, 5.41) is 0. The molecule has 28 heavy (non-hydrogen) atoms. The SMILES string of the molecule is Cc1ccc(CN(C(=O)C2CCCN(S(=O)(=O)c3ccc(C)s3)C2)C(C)C)o1. The molecule has 0 radical (unpaired) electrons. The minimum absolute atomic E-state index is 0.00448. The first-order chi connectivity index (χ1) is 13.2. The van der Waals surface area contributed by atoms with Crippen LogP contribution in [0.25, 0.3) is 0 Å². The van der Waals surface area contributed by atoms with Gasteiger partial charge in [0.15, 0.2) is 0 Å². The molecule has 0 saturated carbocycles. The van der Waals surface area contributed by atoms with Crippen molar-refractivity contribution in [2.45, 2.75) is 57.3 Å². The molecule has 1 atom stereocenters. The van der Waals surface area contributed by atoms with E-state index in [9.17, 15) is 13.2 Å². The Morgan fingerprint density at radius 1 is 1.29 bits per heavy atom. The molecule has 1 aliphatic rings. The Bertz CT molecular complexity index is 930. The van der Waals surface area contributed by atoms with Gasteiger partial charge in [0, 0.05) is 24.0 Å². The van der Waals surface area contributed by atoms with E-state index in [0.717, 1.165) is 16.4 Å². The molecule has 3 rings (SSSR count). The molecule has 2 aromatic heterocycles. The molecule has 154 valence electrons. The summed E-state index contributed by atoms with van der Waals surface area (Å²) >= 11 is 1.28. The predicted octanol–water partition coefficient (Wildman–Crippen LogP) is 3.80. The fourth-order valence-electron chi connectivity index (χ4n) is 3.53. The number of rotatable bonds is 6. The maximum absolute atomic E-state index is 13.2. The highest BCUT2D eigenvalue weighted by molar-refractivity contribution is 7.91. The van der Waals surface area contributed by atoms with Gasteiger partial charge in [-0.25, -0.2) is 8.42 Å². The van der Waals surface area contributed by atoms with Crippen LogP contribution in [0.2, 0.25) is 0 Å². The van der Waals surface area contributed by atoms with Crippen LogP contribution in [0.4, 0.5) is 0 Å². The van der Waals surface area contributed by atoms with Crippen LogP contribution in [0.1, 0.15) is 43.1 Å². The summed E-state index contributed by atoms with van der Waals surface area (Å²) in [7, 11) is -3.55. The van der Waals surface area contributed by atoms with Gasteiger partial charge < -0.3 is 9.32 Å². The lowest BCUT2D eigenvalue weighted by molar-refractivity contribution is -0.139. The van der Waals surface area contributed by atoms with Gasteiger partial charge in [-0.2, -0.15) is 4.31 Å². The van der Waals surface area contributed by atoms with Crippen molar-refractivity contribution in [3.8, 4) is 0 Å². The van der Waals surface area contributed by atoms with Crippen LogP contribution >= 0.6 is 11.3 Å². The highest BCUT2D eigenvalue weighted by atomic mass is 32.2. The molecule has 6 nitrogen and oxygen atoms in total. The van der Waals surface area contributed by atoms with E-state index < -0.39 is 10.0 Å². The molecule has 1 fully saturated rings. The molecule has 0 N–H and O–H groups in total. The van der Waals surface area contributed by atoms with Crippen LogP contribution in [0, 0.1) is 19.8 Å². The Hall–Kier alpha value is -1.64. The van der Waals surface area contributed by atoms with Crippen LogP contribution < -0.4 is 0 Å². The second-order valence-corrected chi connectivity index (χ2v) is 11.1. The van der Waals surface area contributed by atoms with Crippen molar-refractivity contribution < 1.29 is 17.6 Å². The van der Waals surface area contributed by atoms with Gasteiger partial charge in [-0.15, -0.1) is 11.3 Å². The normalized spacial score (nSPS) is 18.5. The molecular formula is C20H28N2O4S2. The van der Waals surface area contributed by atoms with Gasteiger partial charge in [0.1, 0.15) is 15.7 Å². The predicted molar refractivity (Wildman–Crippen MR) is 110 cm³/mol. The van der Waals surface area contributed by atoms with Crippen LogP contribution in [0.5, 0.6) is 0 Å². The van der Waals surface area contributed by atoms with E-state index in [-0.39, 0.29) is 24.4 Å². The lowest BCUT2D eigenvalue weighted by Gasteiger charge is -2.35. The molecule has 3 heterocycles. The van der Waals surface area contributed by atoms with Crippen molar-refractivity contribution >= 4 is 27.3 Å². The fraction of sp³-hybridized carbons (Fsp3) is 0.550. The molecule has 2 aromatic rings. The Morgan fingerprint density at radius 3 is 2.61 bits per heavy atom. The van der Waals surface area contributed by atoms with Gasteiger partial charge in [-0.1, -0.05) is 0 Å². The number of piperidine rings is 1. The van der Waals surface area contributed by atoms with Crippen molar-refractivity contribution in [1.29, 1.82) is 0 Å². The van der Waals surface area contributed by atoms with Crippen molar-refractivity contribution in [2.24, 2.45) is 5.92 Å². The number of aryl methyl sites for hydroxylation is 2. The molecule has 1 unspecified atom stereocenters. The van der Waals surface area contributed by atoms with E-state index >= 15 is 0 Å². The third kappa shape index (κ3) is 4.50. The topological polar surface area (TPSA) is 70.8 Å². The highest BCUT2D eigenvalue weighted by Gasteiger charge is 2.36. The number of hydrogen-bond donors (Lipinski definition) is 0. The van der Waals surface area contributed by atoms with Gasteiger partial charge in [0.2, 0.25) is 5.91 Å². The summed E-state index contributed by atoms with van der Waals surface area (Å²) in [5.74, 6) is 1.22. The van der Waals surface area contributed by atoms with E-state index in [2.05, 4.69) is 0 Å². The number of thiophene rings is 1. The lowest BCUT2D eigenvalue weighted by Crippen LogP contribution is -2.48. The van der Waals surface area contributed by atoms with Gasteiger partial charge in [0.05, 0.1) is 12.5 Å². The van der Waals surface area contributed by atoms with Gasteiger partial charge in [0.25, 0.3) is 10.0 Å². The van der Waals surface area contributed by atoms with E-state index in [4.69, 9.17) is 4.42 Å². The summed E-state index contributed by atoms with van der Waals surface area (Å²) in [6.45, 7) is 8.81. The third-order valence-electron chi connectivity index (χ3n) is 5.07. The first-order valence-electron chi connectivity index (χ1n) is 9.61. The summed E-state index contributed by atoms with van der Waals surface area (Å²) in [6, 6.07) is 7.24. The first kappa shape index (κ1) is 21.1. The van der Waals surface area contributed by atoms with Crippen molar-refractivity contribution in [3.63, 3.8) is 0 Å². The summed E-state index contributed by atoms with van der Waals surface area (Å²) in [6.07, 6.45) is 1.39. The molecule has 0 bridgehead atoms. The molecule has 1 aliphatic heterocycles. The second kappa shape index (κ2) is 8.39. The zero-order valence-electron chi connectivity index (χ0n) is 16.8. The molecule has 0 aliphatic carbocycles. The molecule has 8 heteroatoms. The van der Waals surface area contributed by atoms with Crippen LogP contribution in [-0.2, 0) is 21.4 Å². The van der Waals surface area contributed by atoms with E-state index in [1.54, 1.807) is 11.0 Å². The van der Waals surface area contributed by atoms with Crippen LogP contribution in [0.15, 0.2) is 32.9 Å². The second-order valence-electron chi connectivity index (χ2n) is 7.64. The molecular weight excluding hydrogens is 396 g/mol. The number of furan rings is 1. The summed E-state index contributed by atoms with van der Waals surface area (Å²) in [5.41, 5.74) is 0. The van der Waals surface area contributed by atoms with Crippen LogP contribution in [0.3, 0.4) is 0 Å². The third-order valence-corrected chi connectivity index (χ3v) is 8.41. The number of hydrogen-bond acceptors (Lipinski definition) is 5. The van der Waals surface area contributed by atoms with Crippen molar-refractivity contribution in [1.82, 2.24) is 9.21 Å². The molecule has 1 saturated heterocycles. The highest BCUT2D eigenvalue weighted by Crippen LogP contribution is 2.29. The summed E-state index contributed by atoms with van der Waals surface area (Å²) in [4.78, 5) is 16.0. The average Bonchev–Trinajstić information content (AvgIpc) is 3.27. The van der Waals surface area contributed by atoms with E-state index in [0.29, 0.717) is 30.1 Å². The zero-order chi connectivity index (χ0) is 20.5. The first-order valence-corrected chi connectivity index (χ1v) is 11.9. The average molecular weight is 425 g/mol. The van der Waals surface area contributed by atoms with Crippen molar-refractivity contribution in [2.75, 3.05) is 13.1 Å². The fourth-order valence-corrected chi connectivity index (χ4v) is 6.49. The number of amides is 1. The standard InChI is InChI=1S/C20H28N2O4S2/c1-14(2)22(13-18-9-7-15(3)26-18)20(23)17-6-5-11-21(12-17)28(24,25)19-10-8-16(4)27-19/h7-10,14,17H,5-6,11-13H2,1-4H3. The Balaban J connectivity index is 1.75.